The number of carbonyl (C=O) groups excluding carboxylic acids is 2. The van der Waals surface area contributed by atoms with Gasteiger partial charge < -0.3 is 14.8 Å². The van der Waals surface area contributed by atoms with E-state index in [-0.39, 0.29) is 17.4 Å². The lowest BCUT2D eigenvalue weighted by Crippen LogP contribution is -2.20. The molecule has 2 aromatic heterocycles. The summed E-state index contributed by atoms with van der Waals surface area (Å²) in [5.74, 6) is -0.426. The molecule has 3 N–H and O–H groups in total. The number of hydrogen-bond donors (Lipinski definition) is 3. The number of benzene rings is 3. The van der Waals surface area contributed by atoms with E-state index in [1.807, 2.05) is 18.2 Å². The second-order valence-corrected chi connectivity index (χ2v) is 10.2. The fourth-order valence-electron chi connectivity index (χ4n) is 3.85. The van der Waals surface area contributed by atoms with Crippen LogP contribution in [-0.4, -0.2) is 27.6 Å². The molecule has 0 aliphatic carbocycles. The number of halogens is 2. The minimum absolute atomic E-state index is 0.146. The lowest BCUT2D eigenvalue weighted by atomic mass is 10.0. The number of rotatable bonds is 6. The second kappa shape index (κ2) is 11.2. The Labute approximate surface area is 240 Å². The van der Waals surface area contributed by atoms with Gasteiger partial charge >= 0.3 is 0 Å². The first kappa shape index (κ1) is 26.3. The van der Waals surface area contributed by atoms with Crippen LogP contribution in [0.1, 0.15) is 33.4 Å². The number of aromatic hydroxyl groups is 1. The summed E-state index contributed by atoms with van der Waals surface area (Å²) < 4.78 is 6.56. The topological polar surface area (TPSA) is 117 Å². The molecule has 2 heterocycles. The molecule has 0 atom stereocenters. The van der Waals surface area contributed by atoms with Gasteiger partial charge in [0.25, 0.3) is 11.8 Å². The average Bonchev–Trinajstić information content (AvgIpc) is 3.38. The van der Waals surface area contributed by atoms with Gasteiger partial charge in [-0.05, 0) is 101 Å². The molecule has 0 spiro atoms. The van der Waals surface area contributed by atoms with Crippen LogP contribution in [0.3, 0.4) is 0 Å². The minimum Gasteiger partial charge on any atom is -0.508 e. The van der Waals surface area contributed by atoms with Crippen molar-refractivity contribution in [2.75, 3.05) is 5.32 Å². The van der Waals surface area contributed by atoms with Crippen LogP contribution in [0.2, 0.25) is 0 Å². The Hall–Kier alpha value is -4.28. The van der Waals surface area contributed by atoms with Crippen LogP contribution >= 0.6 is 31.9 Å². The summed E-state index contributed by atoms with van der Waals surface area (Å²) >= 11 is 6.65. The van der Waals surface area contributed by atoms with Crippen LogP contribution in [0, 0.1) is 0 Å². The Kier molecular flexibility index (Phi) is 7.58. The smallest absolute Gasteiger partial charge is 0.291 e. The van der Waals surface area contributed by atoms with Crippen molar-refractivity contribution in [1.29, 1.82) is 0 Å². The van der Waals surface area contributed by atoms with Crippen LogP contribution in [0.15, 0.2) is 104 Å². The van der Waals surface area contributed by atoms with E-state index in [0.29, 0.717) is 38.2 Å². The zero-order valence-electron chi connectivity index (χ0n) is 20.4. The molecule has 5 aromatic rings. The van der Waals surface area contributed by atoms with Gasteiger partial charge in [0, 0.05) is 21.1 Å². The van der Waals surface area contributed by atoms with Crippen molar-refractivity contribution in [3.63, 3.8) is 0 Å². The summed E-state index contributed by atoms with van der Waals surface area (Å²) in [4.78, 5) is 30.3. The minimum atomic E-state index is -0.395. The summed E-state index contributed by atoms with van der Waals surface area (Å²) in [5.41, 5.74) is 6.99. The van der Waals surface area contributed by atoms with E-state index in [1.165, 1.54) is 0 Å². The van der Waals surface area contributed by atoms with Gasteiger partial charge in [0.15, 0.2) is 10.4 Å². The molecule has 0 saturated heterocycles. The van der Waals surface area contributed by atoms with E-state index < -0.39 is 5.91 Å². The highest BCUT2D eigenvalue weighted by Gasteiger charge is 2.15. The number of anilines is 1. The molecule has 0 saturated carbocycles. The number of fused-ring (bicyclic) bond motifs is 1. The van der Waals surface area contributed by atoms with Crippen LogP contribution in [0.4, 0.5) is 5.69 Å². The predicted molar refractivity (Wildman–Crippen MR) is 157 cm³/mol. The van der Waals surface area contributed by atoms with Crippen LogP contribution in [0.25, 0.3) is 22.2 Å². The number of phenols is 1. The Morgan fingerprint density at radius 3 is 2.33 bits per heavy atom. The fourth-order valence-corrected chi connectivity index (χ4v) is 4.52. The van der Waals surface area contributed by atoms with Crippen molar-refractivity contribution in [2.24, 2.45) is 5.10 Å². The van der Waals surface area contributed by atoms with E-state index in [1.54, 1.807) is 73.7 Å². The number of aromatic nitrogens is 1. The maximum Gasteiger partial charge on any atom is 0.291 e. The summed E-state index contributed by atoms with van der Waals surface area (Å²) in [7, 11) is 0. The van der Waals surface area contributed by atoms with Gasteiger partial charge in [0.2, 0.25) is 0 Å². The van der Waals surface area contributed by atoms with E-state index >= 15 is 0 Å². The molecule has 3 aromatic carbocycles. The zero-order chi connectivity index (χ0) is 27.5. The molecular formula is C29H20Br2N4O4. The highest BCUT2D eigenvalue weighted by molar-refractivity contribution is 9.10. The van der Waals surface area contributed by atoms with Gasteiger partial charge in [-0.15, -0.1) is 0 Å². The van der Waals surface area contributed by atoms with Crippen molar-refractivity contribution in [1.82, 2.24) is 10.4 Å². The van der Waals surface area contributed by atoms with E-state index in [0.717, 1.165) is 15.6 Å². The summed E-state index contributed by atoms with van der Waals surface area (Å²) in [6.45, 7) is 1.78. The second-order valence-electron chi connectivity index (χ2n) is 8.54. The lowest BCUT2D eigenvalue weighted by Gasteiger charge is -2.10. The third kappa shape index (κ3) is 6.08. The number of hydrazone groups is 1. The van der Waals surface area contributed by atoms with Crippen molar-refractivity contribution in [3.05, 3.63) is 111 Å². The van der Waals surface area contributed by atoms with E-state index in [4.69, 9.17) is 9.40 Å². The number of pyridine rings is 1. The first-order valence-electron chi connectivity index (χ1n) is 11.7. The molecule has 2 amide bonds. The quantitative estimate of drug-likeness (QED) is 0.134. The SMILES string of the molecule is CC(=NNC(=O)c1cc(-c2ccc(O)cc2)nc2ccc(Br)cc12)c1ccc(NC(=O)c2ccc(Br)o2)cc1. The number of furan rings is 1. The molecular weight excluding hydrogens is 628 g/mol. The van der Waals surface area contributed by atoms with Crippen LogP contribution in [0.5, 0.6) is 5.75 Å². The average molecular weight is 648 g/mol. The van der Waals surface area contributed by atoms with Crippen LogP contribution in [-0.2, 0) is 0 Å². The Balaban J connectivity index is 1.36. The molecule has 0 radical (unpaired) electrons. The van der Waals surface area contributed by atoms with Gasteiger partial charge in [-0.1, -0.05) is 28.1 Å². The van der Waals surface area contributed by atoms with E-state index in [9.17, 15) is 14.7 Å². The maximum atomic E-state index is 13.3. The molecule has 10 heteroatoms. The Morgan fingerprint density at radius 1 is 0.897 bits per heavy atom. The first-order chi connectivity index (χ1) is 18.8. The third-order valence-corrected chi connectivity index (χ3v) is 6.78. The number of carbonyl (C=O) groups is 2. The molecule has 0 aliphatic rings. The fraction of sp³-hybridized carbons (Fsp3) is 0.0345. The van der Waals surface area contributed by atoms with Crippen molar-refractivity contribution < 1.29 is 19.1 Å². The van der Waals surface area contributed by atoms with Gasteiger partial charge in [-0.25, -0.2) is 10.4 Å². The Morgan fingerprint density at radius 2 is 1.64 bits per heavy atom. The van der Waals surface area contributed by atoms with Crippen molar-refractivity contribution >= 4 is 66.0 Å². The molecule has 194 valence electrons. The molecule has 0 fully saturated rings. The number of nitrogens with one attached hydrogen (secondary N) is 2. The van der Waals surface area contributed by atoms with Gasteiger partial charge in [0.1, 0.15) is 5.75 Å². The zero-order valence-corrected chi connectivity index (χ0v) is 23.6. The predicted octanol–water partition coefficient (Wildman–Crippen LogP) is 7.13. The number of nitrogens with zero attached hydrogens (tertiary/aromatic N) is 2. The third-order valence-electron chi connectivity index (χ3n) is 5.86. The summed E-state index contributed by atoms with van der Waals surface area (Å²) in [6, 6.07) is 24.1. The molecule has 0 unspecified atom stereocenters. The van der Waals surface area contributed by atoms with Gasteiger partial charge in [0.05, 0.1) is 22.5 Å². The van der Waals surface area contributed by atoms with Crippen LogP contribution < -0.4 is 10.7 Å². The monoisotopic (exact) mass is 646 g/mol. The first-order valence-corrected chi connectivity index (χ1v) is 13.3. The van der Waals surface area contributed by atoms with Gasteiger partial charge in [-0.3, -0.25) is 9.59 Å². The largest absolute Gasteiger partial charge is 0.508 e. The summed E-state index contributed by atoms with van der Waals surface area (Å²) in [5, 5.41) is 17.4. The van der Waals surface area contributed by atoms with Crippen molar-refractivity contribution in [3.8, 4) is 17.0 Å². The summed E-state index contributed by atoms with van der Waals surface area (Å²) in [6.07, 6.45) is 0. The molecule has 8 nitrogen and oxygen atoms in total. The number of hydrogen-bond acceptors (Lipinski definition) is 6. The maximum absolute atomic E-state index is 13.3. The van der Waals surface area contributed by atoms with Gasteiger partial charge in [-0.2, -0.15) is 5.10 Å². The molecule has 0 bridgehead atoms. The highest BCUT2D eigenvalue weighted by atomic mass is 79.9. The number of amides is 2. The number of phenolic OH excluding ortho intramolecular Hbond substituents is 1. The standard InChI is InChI=1S/C29H20Br2N4O4/c1-16(17-2-7-20(8-3-17)32-29(38)26-12-13-27(31)39-26)34-35-28(37)23-15-25(18-4-9-21(36)10-5-18)33-24-11-6-19(30)14-22(23)24/h2-15,36H,1H3,(H,32,38)(H,35,37). The lowest BCUT2D eigenvalue weighted by molar-refractivity contribution is 0.0955. The van der Waals surface area contributed by atoms with Crippen molar-refractivity contribution in [2.45, 2.75) is 6.92 Å². The Bertz CT molecular complexity index is 1730. The molecule has 5 rings (SSSR count). The molecule has 0 aliphatic heterocycles. The van der Waals surface area contributed by atoms with E-state index in [2.05, 4.69) is 47.7 Å². The normalized spacial score (nSPS) is 11.4. The molecule has 39 heavy (non-hydrogen) atoms. The highest BCUT2D eigenvalue weighted by Crippen LogP contribution is 2.28.